The second kappa shape index (κ2) is 6.39. The molecule has 0 bridgehead atoms. The Hall–Kier alpha value is -1.07. The smallest absolute Gasteiger partial charge is 0.202 e. The highest BCUT2D eigenvalue weighted by molar-refractivity contribution is 5.24. The molecule has 0 saturated heterocycles. The van der Waals surface area contributed by atoms with Crippen LogP contribution in [0, 0.1) is 0 Å². The molecule has 0 fully saturated rings. The van der Waals surface area contributed by atoms with Gasteiger partial charge in [-0.05, 0) is 0 Å². The first-order valence-corrected chi connectivity index (χ1v) is 4.75. The van der Waals surface area contributed by atoms with E-state index in [0.717, 1.165) is 32.2 Å². The first-order valence-electron chi connectivity index (χ1n) is 4.75. The molecule has 0 spiro atoms. The maximum Gasteiger partial charge on any atom is 0.202 e. The minimum atomic E-state index is 0.752. The number of rotatable bonds is 7. The number of imidazole rings is 1. The number of ether oxygens (including phenoxy) is 1. The fourth-order valence-corrected chi connectivity index (χ4v) is 1.10. The largest absolute Gasteiger partial charge is 0.383 e. The van der Waals surface area contributed by atoms with Crippen molar-refractivity contribution in [2.75, 3.05) is 38.7 Å². The van der Waals surface area contributed by atoms with E-state index in [4.69, 9.17) is 4.74 Å². The Bertz CT molecular complexity index is 249. The third-order valence-electron chi connectivity index (χ3n) is 1.89. The third-order valence-corrected chi connectivity index (χ3v) is 1.89. The second-order valence-corrected chi connectivity index (χ2v) is 3.03. The van der Waals surface area contributed by atoms with E-state index in [0.29, 0.717) is 0 Å². The summed E-state index contributed by atoms with van der Waals surface area (Å²) in [5.74, 6) is 0.901. The molecule has 1 aromatic heterocycles. The Morgan fingerprint density at radius 3 is 2.93 bits per heavy atom. The lowest BCUT2D eigenvalue weighted by Crippen LogP contribution is -2.26. The van der Waals surface area contributed by atoms with Gasteiger partial charge in [-0.3, -0.25) is 0 Å². The van der Waals surface area contributed by atoms with Crippen LogP contribution in [0.2, 0.25) is 0 Å². The van der Waals surface area contributed by atoms with E-state index < -0.39 is 0 Å². The van der Waals surface area contributed by atoms with Gasteiger partial charge in [0.05, 0.1) is 6.61 Å². The van der Waals surface area contributed by atoms with Gasteiger partial charge in [-0.1, -0.05) is 0 Å². The highest BCUT2D eigenvalue weighted by atomic mass is 16.5. The summed E-state index contributed by atoms with van der Waals surface area (Å²) >= 11 is 0. The van der Waals surface area contributed by atoms with Gasteiger partial charge in [0.15, 0.2) is 0 Å². The molecule has 0 aromatic carbocycles. The molecule has 0 saturated carbocycles. The molecule has 5 nitrogen and oxygen atoms in total. The van der Waals surface area contributed by atoms with Crippen molar-refractivity contribution in [1.82, 2.24) is 14.9 Å². The van der Waals surface area contributed by atoms with Crippen molar-refractivity contribution in [3.8, 4) is 0 Å². The number of nitrogens with zero attached hydrogens (tertiary/aromatic N) is 2. The lowest BCUT2D eigenvalue weighted by Gasteiger charge is -2.06. The van der Waals surface area contributed by atoms with E-state index in [9.17, 15) is 0 Å². The molecular weight excluding hydrogens is 180 g/mol. The average molecular weight is 198 g/mol. The van der Waals surface area contributed by atoms with E-state index in [1.165, 1.54) is 0 Å². The van der Waals surface area contributed by atoms with Crippen LogP contribution in [-0.2, 0) is 11.8 Å². The minimum Gasteiger partial charge on any atom is -0.383 e. The minimum absolute atomic E-state index is 0.752. The van der Waals surface area contributed by atoms with Crippen LogP contribution in [0.1, 0.15) is 0 Å². The fraction of sp³-hybridized carbons (Fsp3) is 0.667. The first kappa shape index (κ1) is 11.0. The summed E-state index contributed by atoms with van der Waals surface area (Å²) in [6, 6.07) is 0. The van der Waals surface area contributed by atoms with E-state index in [1.807, 2.05) is 17.8 Å². The van der Waals surface area contributed by atoms with Gasteiger partial charge in [-0.15, -0.1) is 0 Å². The molecule has 0 aliphatic rings. The van der Waals surface area contributed by atoms with Crippen LogP contribution in [0.3, 0.4) is 0 Å². The van der Waals surface area contributed by atoms with Crippen molar-refractivity contribution in [3.63, 3.8) is 0 Å². The zero-order valence-electron chi connectivity index (χ0n) is 8.79. The van der Waals surface area contributed by atoms with E-state index >= 15 is 0 Å². The Morgan fingerprint density at radius 2 is 2.29 bits per heavy atom. The summed E-state index contributed by atoms with van der Waals surface area (Å²) in [6.07, 6.45) is 3.70. The van der Waals surface area contributed by atoms with Crippen molar-refractivity contribution in [3.05, 3.63) is 12.4 Å². The van der Waals surface area contributed by atoms with E-state index in [1.54, 1.807) is 13.3 Å². The van der Waals surface area contributed by atoms with Crippen LogP contribution in [0.5, 0.6) is 0 Å². The van der Waals surface area contributed by atoms with Gasteiger partial charge in [0.25, 0.3) is 0 Å². The lowest BCUT2D eigenvalue weighted by molar-refractivity contribution is 0.200. The van der Waals surface area contributed by atoms with Gasteiger partial charge < -0.3 is 19.9 Å². The number of hydrogen-bond acceptors (Lipinski definition) is 4. The summed E-state index contributed by atoms with van der Waals surface area (Å²) in [5, 5.41) is 6.46. The van der Waals surface area contributed by atoms with Gasteiger partial charge in [0, 0.05) is 46.2 Å². The summed E-state index contributed by atoms with van der Waals surface area (Å²) < 4.78 is 6.87. The Balaban J connectivity index is 2.02. The van der Waals surface area contributed by atoms with Crippen LogP contribution >= 0.6 is 0 Å². The molecule has 0 atom stereocenters. The molecule has 0 unspecified atom stereocenters. The van der Waals surface area contributed by atoms with Gasteiger partial charge in [0.1, 0.15) is 0 Å². The monoisotopic (exact) mass is 198 g/mol. The molecule has 0 radical (unpaired) electrons. The lowest BCUT2D eigenvalue weighted by atomic mass is 10.5. The van der Waals surface area contributed by atoms with Gasteiger partial charge in [-0.2, -0.15) is 0 Å². The van der Waals surface area contributed by atoms with Gasteiger partial charge in [0.2, 0.25) is 5.95 Å². The summed E-state index contributed by atoms with van der Waals surface area (Å²) in [6.45, 7) is 3.42. The number of methoxy groups -OCH3 is 1. The summed E-state index contributed by atoms with van der Waals surface area (Å²) in [7, 11) is 3.67. The topological polar surface area (TPSA) is 51.1 Å². The van der Waals surface area contributed by atoms with E-state index in [2.05, 4.69) is 15.6 Å². The van der Waals surface area contributed by atoms with Crippen LogP contribution < -0.4 is 10.6 Å². The number of nitrogens with one attached hydrogen (secondary N) is 2. The zero-order valence-corrected chi connectivity index (χ0v) is 8.79. The third kappa shape index (κ3) is 3.76. The Kier molecular flexibility index (Phi) is 5.03. The highest BCUT2D eigenvalue weighted by Crippen LogP contribution is 1.98. The van der Waals surface area contributed by atoms with Crippen molar-refractivity contribution in [2.45, 2.75) is 0 Å². The number of aryl methyl sites for hydroxylation is 1. The van der Waals surface area contributed by atoms with Crippen LogP contribution in [0.4, 0.5) is 5.95 Å². The van der Waals surface area contributed by atoms with Crippen molar-refractivity contribution >= 4 is 5.95 Å². The predicted molar refractivity (Wildman–Crippen MR) is 56.4 cm³/mol. The highest BCUT2D eigenvalue weighted by Gasteiger charge is 1.95. The zero-order chi connectivity index (χ0) is 10.2. The van der Waals surface area contributed by atoms with Crippen LogP contribution in [-0.4, -0.2) is 42.9 Å². The second-order valence-electron chi connectivity index (χ2n) is 3.03. The van der Waals surface area contributed by atoms with Gasteiger partial charge in [-0.25, -0.2) is 4.98 Å². The summed E-state index contributed by atoms with van der Waals surface area (Å²) in [4.78, 5) is 4.15. The summed E-state index contributed by atoms with van der Waals surface area (Å²) in [5.41, 5.74) is 0. The van der Waals surface area contributed by atoms with Crippen LogP contribution in [0.15, 0.2) is 12.4 Å². The molecule has 1 rings (SSSR count). The van der Waals surface area contributed by atoms with Crippen LogP contribution in [0.25, 0.3) is 0 Å². The predicted octanol–water partition coefficient (Wildman–Crippen LogP) is 0.0680. The standard InChI is InChI=1S/C9H18N4O/c1-13-7-5-12-9(13)11-4-3-10-6-8-14-2/h5,7,10H,3-4,6,8H2,1-2H3,(H,11,12). The SMILES string of the molecule is COCCNCCNc1nccn1C. The fourth-order valence-electron chi connectivity index (χ4n) is 1.10. The van der Waals surface area contributed by atoms with Gasteiger partial charge >= 0.3 is 0 Å². The molecule has 2 N–H and O–H groups in total. The van der Waals surface area contributed by atoms with Crippen molar-refractivity contribution in [1.29, 1.82) is 0 Å². The average Bonchev–Trinajstić information content (AvgIpc) is 2.58. The quantitative estimate of drug-likeness (QED) is 0.609. The van der Waals surface area contributed by atoms with Crippen molar-refractivity contribution in [2.24, 2.45) is 7.05 Å². The molecule has 5 heteroatoms. The maximum atomic E-state index is 4.91. The molecule has 0 aliphatic carbocycles. The Labute approximate surface area is 84.5 Å². The molecular formula is C9H18N4O. The molecule has 0 amide bonds. The maximum absolute atomic E-state index is 4.91. The van der Waals surface area contributed by atoms with Crippen molar-refractivity contribution < 1.29 is 4.74 Å². The molecule has 1 aromatic rings. The number of hydrogen-bond donors (Lipinski definition) is 2. The molecule has 1 heterocycles. The number of aromatic nitrogens is 2. The van der Waals surface area contributed by atoms with E-state index in [-0.39, 0.29) is 0 Å². The normalized spacial score (nSPS) is 10.4. The molecule has 80 valence electrons. The molecule has 0 aliphatic heterocycles. The Morgan fingerprint density at radius 1 is 1.43 bits per heavy atom. The first-order chi connectivity index (χ1) is 6.84. The molecule has 14 heavy (non-hydrogen) atoms. The number of anilines is 1.